The van der Waals surface area contributed by atoms with E-state index in [2.05, 4.69) is 27.6 Å². The number of hydrogen-bond donors (Lipinski definition) is 1. The van der Waals surface area contributed by atoms with Crippen molar-refractivity contribution >= 4 is 23.5 Å². The fraction of sp³-hybridized carbons (Fsp3) is 0.263. The van der Waals surface area contributed by atoms with Crippen LogP contribution in [-0.2, 0) is 0 Å². The van der Waals surface area contributed by atoms with Gasteiger partial charge in [0, 0.05) is 36.5 Å². The Kier molecular flexibility index (Phi) is 5.26. The summed E-state index contributed by atoms with van der Waals surface area (Å²) in [6.45, 7) is 4.18. The smallest absolute Gasteiger partial charge is 0.271 e. The third-order valence-electron chi connectivity index (χ3n) is 4.41. The fourth-order valence-corrected chi connectivity index (χ4v) is 2.96. The van der Waals surface area contributed by atoms with Crippen LogP contribution >= 0.6 is 0 Å². The zero-order valence-electron chi connectivity index (χ0n) is 14.5. The Morgan fingerprint density at radius 1 is 1.23 bits per heavy atom. The van der Waals surface area contributed by atoms with Crippen LogP contribution in [0.4, 0.5) is 11.4 Å². The van der Waals surface area contributed by atoms with Gasteiger partial charge < -0.3 is 4.90 Å². The van der Waals surface area contributed by atoms with E-state index in [1.54, 1.807) is 6.21 Å². The van der Waals surface area contributed by atoms with Gasteiger partial charge in [0.1, 0.15) is 0 Å². The van der Waals surface area contributed by atoms with E-state index in [-0.39, 0.29) is 11.3 Å². The van der Waals surface area contributed by atoms with Gasteiger partial charge in [0.2, 0.25) is 0 Å². The predicted octanol–water partition coefficient (Wildman–Crippen LogP) is 3.27. The van der Waals surface area contributed by atoms with E-state index in [0.717, 1.165) is 24.2 Å². The van der Waals surface area contributed by atoms with Crippen molar-refractivity contribution in [3.63, 3.8) is 0 Å². The number of aryl methyl sites for hydroxylation is 1. The summed E-state index contributed by atoms with van der Waals surface area (Å²) in [4.78, 5) is 24.7. The van der Waals surface area contributed by atoms with Crippen molar-refractivity contribution in [3.05, 3.63) is 69.3 Å². The maximum absolute atomic E-state index is 12.1. The molecule has 2 aromatic rings. The molecule has 0 atom stereocenters. The molecule has 0 spiro atoms. The van der Waals surface area contributed by atoms with Crippen LogP contribution in [0.15, 0.2) is 47.6 Å². The summed E-state index contributed by atoms with van der Waals surface area (Å²) in [7, 11) is 0. The van der Waals surface area contributed by atoms with Crippen LogP contribution in [-0.4, -0.2) is 30.1 Å². The molecular weight excluding hydrogens is 332 g/mol. The molecule has 0 saturated carbocycles. The molecular formula is C19H20N4O3. The zero-order valence-corrected chi connectivity index (χ0v) is 14.5. The Morgan fingerprint density at radius 2 is 2.00 bits per heavy atom. The molecule has 1 aliphatic rings. The maximum Gasteiger partial charge on any atom is 0.271 e. The van der Waals surface area contributed by atoms with Gasteiger partial charge >= 0.3 is 0 Å². The van der Waals surface area contributed by atoms with Crippen LogP contribution in [0.5, 0.6) is 0 Å². The lowest BCUT2D eigenvalue weighted by molar-refractivity contribution is -0.384. The molecule has 1 fully saturated rings. The zero-order chi connectivity index (χ0) is 18.5. The lowest BCUT2D eigenvalue weighted by atomic mass is 10.1. The van der Waals surface area contributed by atoms with Gasteiger partial charge in [-0.2, -0.15) is 5.10 Å². The van der Waals surface area contributed by atoms with Crippen molar-refractivity contribution in [1.29, 1.82) is 0 Å². The van der Waals surface area contributed by atoms with Crippen molar-refractivity contribution in [1.82, 2.24) is 5.43 Å². The van der Waals surface area contributed by atoms with E-state index in [9.17, 15) is 14.9 Å². The molecule has 1 amide bonds. The molecule has 0 radical (unpaired) electrons. The van der Waals surface area contributed by atoms with Crippen LogP contribution in [0.3, 0.4) is 0 Å². The maximum atomic E-state index is 12.1. The van der Waals surface area contributed by atoms with E-state index in [0.29, 0.717) is 0 Å². The molecule has 7 nitrogen and oxygen atoms in total. The van der Waals surface area contributed by atoms with Crippen LogP contribution in [0, 0.1) is 17.0 Å². The largest absolute Gasteiger partial charge is 0.372 e. The molecule has 3 rings (SSSR count). The number of nitro groups is 1. The third-order valence-corrected chi connectivity index (χ3v) is 4.41. The Balaban J connectivity index is 1.65. The number of amides is 1. The molecule has 1 N–H and O–H groups in total. The Morgan fingerprint density at radius 3 is 2.69 bits per heavy atom. The summed E-state index contributed by atoms with van der Waals surface area (Å²) >= 11 is 0. The topological polar surface area (TPSA) is 87.8 Å². The highest BCUT2D eigenvalue weighted by Crippen LogP contribution is 2.22. The molecule has 0 unspecified atom stereocenters. The van der Waals surface area contributed by atoms with Gasteiger partial charge in [-0.1, -0.05) is 12.1 Å². The molecule has 0 aliphatic carbocycles. The predicted molar refractivity (Wildman–Crippen MR) is 101 cm³/mol. The highest BCUT2D eigenvalue weighted by atomic mass is 16.6. The van der Waals surface area contributed by atoms with Crippen molar-refractivity contribution in [2.45, 2.75) is 19.8 Å². The van der Waals surface area contributed by atoms with Gasteiger partial charge in [0.25, 0.3) is 11.6 Å². The van der Waals surface area contributed by atoms with E-state index in [4.69, 9.17) is 0 Å². The van der Waals surface area contributed by atoms with E-state index in [1.165, 1.54) is 42.8 Å². The minimum Gasteiger partial charge on any atom is -0.372 e. The van der Waals surface area contributed by atoms with E-state index in [1.807, 2.05) is 13.0 Å². The van der Waals surface area contributed by atoms with E-state index < -0.39 is 10.8 Å². The second kappa shape index (κ2) is 7.77. The minimum absolute atomic E-state index is 0.130. The van der Waals surface area contributed by atoms with Crippen molar-refractivity contribution < 1.29 is 9.72 Å². The molecule has 26 heavy (non-hydrogen) atoms. The summed E-state index contributed by atoms with van der Waals surface area (Å²) in [6.07, 6.45) is 4.04. The molecule has 1 saturated heterocycles. The number of nitrogens with one attached hydrogen (secondary N) is 1. The number of carbonyl (C=O) groups excluding carboxylic acids is 1. The van der Waals surface area contributed by atoms with Gasteiger partial charge in [-0.25, -0.2) is 5.43 Å². The van der Waals surface area contributed by atoms with E-state index >= 15 is 0 Å². The highest BCUT2D eigenvalue weighted by molar-refractivity contribution is 5.95. The van der Waals surface area contributed by atoms with Crippen LogP contribution in [0.1, 0.15) is 34.3 Å². The fourth-order valence-electron chi connectivity index (χ4n) is 2.96. The second-order valence-electron chi connectivity index (χ2n) is 6.24. The summed E-state index contributed by atoms with van der Waals surface area (Å²) in [5.74, 6) is -0.490. The molecule has 0 bridgehead atoms. The van der Waals surface area contributed by atoms with Crippen molar-refractivity contribution in [2.75, 3.05) is 18.0 Å². The van der Waals surface area contributed by atoms with Crippen molar-refractivity contribution in [2.24, 2.45) is 5.10 Å². The van der Waals surface area contributed by atoms with Gasteiger partial charge in [0.15, 0.2) is 0 Å². The molecule has 0 aromatic heterocycles. The highest BCUT2D eigenvalue weighted by Gasteiger charge is 2.13. The number of carbonyl (C=O) groups is 1. The van der Waals surface area contributed by atoms with Gasteiger partial charge in [-0.05, 0) is 49.1 Å². The first-order valence-corrected chi connectivity index (χ1v) is 8.48. The SMILES string of the molecule is Cc1cc(N2CCCC2)ccc1/C=N\NC(=O)c1cccc([N+](=O)[O-])c1. The number of rotatable bonds is 5. The lowest BCUT2D eigenvalue weighted by Gasteiger charge is -2.18. The molecule has 1 heterocycles. The number of nitro benzene ring substituents is 1. The van der Waals surface area contributed by atoms with Crippen LogP contribution in [0.25, 0.3) is 0 Å². The van der Waals surface area contributed by atoms with Gasteiger partial charge in [0.05, 0.1) is 11.1 Å². The summed E-state index contributed by atoms with van der Waals surface area (Å²) in [6, 6.07) is 11.7. The number of anilines is 1. The average molecular weight is 352 g/mol. The van der Waals surface area contributed by atoms with Crippen molar-refractivity contribution in [3.8, 4) is 0 Å². The number of nitrogens with zero attached hydrogens (tertiary/aromatic N) is 3. The first kappa shape index (κ1) is 17.6. The Hall–Kier alpha value is -3.22. The first-order valence-electron chi connectivity index (χ1n) is 8.48. The Bertz CT molecular complexity index is 858. The standard InChI is InChI=1S/C19H20N4O3/c1-14-11-17(22-9-2-3-10-22)8-7-16(14)13-20-21-19(24)15-5-4-6-18(12-15)23(25)26/h4-8,11-13H,2-3,9-10H2,1H3,(H,21,24)/b20-13-. The number of benzene rings is 2. The summed E-state index contributed by atoms with van der Waals surface area (Å²) in [5, 5.41) is 14.7. The van der Waals surface area contributed by atoms with Crippen LogP contribution in [0.2, 0.25) is 0 Å². The summed E-state index contributed by atoms with van der Waals surface area (Å²) < 4.78 is 0. The number of non-ortho nitro benzene ring substituents is 1. The lowest BCUT2D eigenvalue weighted by Crippen LogP contribution is -2.18. The molecule has 1 aliphatic heterocycles. The number of hydrogen-bond acceptors (Lipinski definition) is 5. The Labute approximate surface area is 151 Å². The summed E-state index contributed by atoms with van der Waals surface area (Å²) in [5.41, 5.74) is 5.66. The first-order chi connectivity index (χ1) is 12.5. The van der Waals surface area contributed by atoms with Gasteiger partial charge in [-0.3, -0.25) is 14.9 Å². The quantitative estimate of drug-likeness (QED) is 0.508. The second-order valence-corrected chi connectivity index (χ2v) is 6.24. The minimum atomic E-state index is -0.536. The average Bonchev–Trinajstić information content (AvgIpc) is 3.17. The molecule has 7 heteroatoms. The number of hydrazone groups is 1. The van der Waals surface area contributed by atoms with Crippen LogP contribution < -0.4 is 10.3 Å². The molecule has 134 valence electrons. The monoisotopic (exact) mass is 352 g/mol. The normalized spacial score (nSPS) is 14.0. The molecule has 2 aromatic carbocycles. The third kappa shape index (κ3) is 4.05. The van der Waals surface area contributed by atoms with Gasteiger partial charge in [-0.15, -0.1) is 0 Å².